The molecule has 1 aromatic carbocycles. The Hall–Kier alpha value is -1.10. The number of rotatable bonds is 7. The normalized spacial score (nSPS) is 11.4. The smallest absolute Gasteiger partial charge is 0.220 e. The lowest BCUT2D eigenvalue weighted by molar-refractivity contribution is -0.124. The minimum atomic E-state index is -0.933. The van der Waals surface area contributed by atoms with Gasteiger partial charge in [0.05, 0.1) is 18.8 Å². The van der Waals surface area contributed by atoms with Gasteiger partial charge in [-0.05, 0) is 24.5 Å². The number of halogens is 1. The Bertz CT molecular complexity index is 411. The summed E-state index contributed by atoms with van der Waals surface area (Å²) < 4.78 is 0. The molecule has 106 valence electrons. The summed E-state index contributed by atoms with van der Waals surface area (Å²) in [6, 6.07) is 7.37. The Balaban J connectivity index is 2.54. The molecule has 0 radical (unpaired) electrons. The van der Waals surface area contributed by atoms with Gasteiger partial charge in [0.25, 0.3) is 0 Å². The van der Waals surface area contributed by atoms with Crippen molar-refractivity contribution in [2.45, 2.75) is 31.7 Å². The van der Waals surface area contributed by atoms with Crippen LogP contribution in [0.25, 0.3) is 0 Å². The average Bonchev–Trinajstić information content (AvgIpc) is 2.44. The van der Waals surface area contributed by atoms with Crippen LogP contribution in [0.4, 0.5) is 0 Å². The van der Waals surface area contributed by atoms with E-state index < -0.39 is 5.54 Å². The Morgan fingerprint density at radius 3 is 2.47 bits per heavy atom. The summed E-state index contributed by atoms with van der Waals surface area (Å²) in [5.74, 6) is -0.204. The molecule has 0 unspecified atom stereocenters. The molecule has 0 aliphatic heterocycles. The second-order valence-electron chi connectivity index (χ2n) is 4.59. The van der Waals surface area contributed by atoms with Crippen LogP contribution < -0.4 is 5.32 Å². The van der Waals surface area contributed by atoms with E-state index in [1.165, 1.54) is 0 Å². The van der Waals surface area contributed by atoms with E-state index in [9.17, 15) is 15.0 Å². The summed E-state index contributed by atoms with van der Waals surface area (Å²) in [7, 11) is 0. The second-order valence-corrected chi connectivity index (χ2v) is 5.00. The molecule has 0 spiro atoms. The summed E-state index contributed by atoms with van der Waals surface area (Å²) in [6.45, 7) is 1.25. The standard InChI is InChI=1S/C14H20ClNO3/c1-2-14(9-17,10-18)16-13(19)8-7-11-5-3-4-6-12(11)15/h3-6,17-18H,2,7-10H2,1H3,(H,16,19). The van der Waals surface area contributed by atoms with Gasteiger partial charge in [-0.1, -0.05) is 36.7 Å². The predicted octanol–water partition coefficient (Wildman–Crippen LogP) is 1.52. The van der Waals surface area contributed by atoms with Gasteiger partial charge < -0.3 is 15.5 Å². The zero-order chi connectivity index (χ0) is 14.3. The predicted molar refractivity (Wildman–Crippen MR) is 75.1 cm³/mol. The maximum Gasteiger partial charge on any atom is 0.220 e. The van der Waals surface area contributed by atoms with Gasteiger partial charge >= 0.3 is 0 Å². The van der Waals surface area contributed by atoms with Crippen LogP contribution in [0.5, 0.6) is 0 Å². The highest BCUT2D eigenvalue weighted by Gasteiger charge is 2.28. The number of benzene rings is 1. The highest BCUT2D eigenvalue weighted by Crippen LogP contribution is 2.17. The molecule has 0 aromatic heterocycles. The van der Waals surface area contributed by atoms with Crippen LogP contribution in [0.15, 0.2) is 24.3 Å². The molecule has 0 saturated heterocycles. The minimum Gasteiger partial charge on any atom is -0.394 e. The number of carbonyl (C=O) groups is 1. The lowest BCUT2D eigenvalue weighted by Gasteiger charge is -2.29. The molecule has 5 heteroatoms. The van der Waals surface area contributed by atoms with Crippen LogP contribution >= 0.6 is 11.6 Å². The summed E-state index contributed by atoms with van der Waals surface area (Å²) >= 11 is 6.01. The van der Waals surface area contributed by atoms with Crippen LogP contribution in [0.2, 0.25) is 5.02 Å². The molecule has 1 rings (SSSR count). The van der Waals surface area contributed by atoms with Gasteiger partial charge in [0.2, 0.25) is 5.91 Å². The van der Waals surface area contributed by atoms with Gasteiger partial charge in [-0.3, -0.25) is 4.79 Å². The molecule has 0 bridgehead atoms. The van der Waals surface area contributed by atoms with E-state index in [0.717, 1.165) is 5.56 Å². The van der Waals surface area contributed by atoms with E-state index in [4.69, 9.17) is 11.6 Å². The highest BCUT2D eigenvalue weighted by molar-refractivity contribution is 6.31. The first-order valence-electron chi connectivity index (χ1n) is 6.33. The Kier molecular flexibility index (Phi) is 6.28. The molecule has 0 saturated carbocycles. The zero-order valence-electron chi connectivity index (χ0n) is 11.0. The summed E-state index contributed by atoms with van der Waals surface area (Å²) in [5.41, 5.74) is -0.0215. The van der Waals surface area contributed by atoms with Crippen LogP contribution in [0.3, 0.4) is 0 Å². The Labute approximate surface area is 118 Å². The number of amides is 1. The van der Waals surface area contributed by atoms with Crippen molar-refractivity contribution in [1.82, 2.24) is 5.32 Å². The largest absolute Gasteiger partial charge is 0.394 e. The molecule has 1 aromatic rings. The first-order valence-corrected chi connectivity index (χ1v) is 6.71. The fourth-order valence-corrected chi connectivity index (χ4v) is 1.98. The van der Waals surface area contributed by atoms with E-state index in [2.05, 4.69) is 5.32 Å². The van der Waals surface area contributed by atoms with E-state index in [0.29, 0.717) is 17.9 Å². The third kappa shape index (κ3) is 4.49. The third-order valence-electron chi connectivity index (χ3n) is 3.27. The fourth-order valence-electron chi connectivity index (χ4n) is 1.75. The van der Waals surface area contributed by atoms with Crippen molar-refractivity contribution in [3.05, 3.63) is 34.9 Å². The molecular weight excluding hydrogens is 266 g/mol. The molecule has 0 aliphatic rings. The van der Waals surface area contributed by atoms with Crippen molar-refractivity contribution < 1.29 is 15.0 Å². The maximum atomic E-state index is 11.8. The molecule has 19 heavy (non-hydrogen) atoms. The molecule has 0 aliphatic carbocycles. The highest BCUT2D eigenvalue weighted by atomic mass is 35.5. The van der Waals surface area contributed by atoms with Crippen molar-refractivity contribution in [2.24, 2.45) is 0 Å². The fraction of sp³-hybridized carbons (Fsp3) is 0.500. The van der Waals surface area contributed by atoms with Crippen molar-refractivity contribution in [3.8, 4) is 0 Å². The second kappa shape index (κ2) is 7.48. The first kappa shape index (κ1) is 16.0. The molecule has 3 N–H and O–H groups in total. The minimum absolute atomic E-state index is 0.204. The molecular formula is C14H20ClNO3. The van der Waals surface area contributed by atoms with Crippen molar-refractivity contribution in [1.29, 1.82) is 0 Å². The van der Waals surface area contributed by atoms with Gasteiger partial charge in [-0.2, -0.15) is 0 Å². The van der Waals surface area contributed by atoms with E-state index in [1.54, 1.807) is 13.0 Å². The van der Waals surface area contributed by atoms with Gasteiger partial charge in [0.1, 0.15) is 0 Å². The Morgan fingerprint density at radius 2 is 1.95 bits per heavy atom. The quantitative estimate of drug-likeness (QED) is 0.711. The molecule has 0 heterocycles. The summed E-state index contributed by atoms with van der Waals surface area (Å²) in [5, 5.41) is 21.8. The third-order valence-corrected chi connectivity index (χ3v) is 3.63. The lowest BCUT2D eigenvalue weighted by Crippen LogP contribution is -2.53. The number of nitrogens with one attached hydrogen (secondary N) is 1. The van der Waals surface area contributed by atoms with E-state index in [1.807, 2.05) is 18.2 Å². The SMILES string of the molecule is CCC(CO)(CO)NC(=O)CCc1ccccc1Cl. The van der Waals surface area contributed by atoms with Gasteiger partial charge in [-0.25, -0.2) is 0 Å². The van der Waals surface area contributed by atoms with Crippen LogP contribution in [-0.2, 0) is 11.2 Å². The number of aryl methyl sites for hydroxylation is 1. The first-order chi connectivity index (χ1) is 9.06. The number of hydrogen-bond donors (Lipinski definition) is 3. The van der Waals surface area contributed by atoms with Crippen molar-refractivity contribution in [2.75, 3.05) is 13.2 Å². The number of carbonyl (C=O) groups excluding carboxylic acids is 1. The average molecular weight is 286 g/mol. The van der Waals surface area contributed by atoms with Gasteiger partial charge in [-0.15, -0.1) is 0 Å². The molecule has 0 fully saturated rings. The van der Waals surface area contributed by atoms with Gasteiger partial charge in [0, 0.05) is 11.4 Å². The van der Waals surface area contributed by atoms with E-state index in [-0.39, 0.29) is 25.5 Å². The maximum absolute atomic E-state index is 11.8. The molecule has 0 atom stereocenters. The molecule has 1 amide bonds. The topological polar surface area (TPSA) is 69.6 Å². The summed E-state index contributed by atoms with van der Waals surface area (Å²) in [4.78, 5) is 11.8. The molecule has 4 nitrogen and oxygen atoms in total. The van der Waals surface area contributed by atoms with E-state index >= 15 is 0 Å². The number of hydrogen-bond acceptors (Lipinski definition) is 3. The number of aliphatic hydroxyl groups excluding tert-OH is 2. The van der Waals surface area contributed by atoms with Crippen LogP contribution in [-0.4, -0.2) is 34.9 Å². The van der Waals surface area contributed by atoms with Gasteiger partial charge in [0.15, 0.2) is 0 Å². The van der Waals surface area contributed by atoms with Crippen molar-refractivity contribution >= 4 is 17.5 Å². The van der Waals surface area contributed by atoms with Crippen molar-refractivity contribution in [3.63, 3.8) is 0 Å². The zero-order valence-corrected chi connectivity index (χ0v) is 11.8. The Morgan fingerprint density at radius 1 is 1.32 bits per heavy atom. The van der Waals surface area contributed by atoms with Crippen LogP contribution in [0.1, 0.15) is 25.3 Å². The lowest BCUT2D eigenvalue weighted by atomic mass is 9.98. The monoisotopic (exact) mass is 285 g/mol. The number of aliphatic hydroxyl groups is 2. The van der Waals surface area contributed by atoms with Crippen LogP contribution in [0, 0.1) is 0 Å². The summed E-state index contributed by atoms with van der Waals surface area (Å²) in [6.07, 6.45) is 1.27.